The van der Waals surface area contributed by atoms with Gasteiger partial charge in [0.25, 0.3) is 0 Å². The number of carbonyl (C=O) groups excluding carboxylic acids is 1. The molecule has 1 saturated heterocycles. The summed E-state index contributed by atoms with van der Waals surface area (Å²) in [6, 6.07) is 0. The standard InChI is InChI=1S/C7H12BrNO3/c1-2-11-7(10)9-3-4-12-6(8)5-9/h6H,2-5H2,1H3. The van der Waals surface area contributed by atoms with Gasteiger partial charge in [-0.05, 0) is 6.92 Å². The van der Waals surface area contributed by atoms with E-state index < -0.39 is 0 Å². The lowest BCUT2D eigenvalue weighted by atomic mass is 10.4. The molecule has 1 atom stereocenters. The zero-order chi connectivity index (χ0) is 8.97. The number of nitrogens with zero attached hydrogens (tertiary/aromatic N) is 1. The molecule has 0 aromatic rings. The molecule has 1 fully saturated rings. The van der Waals surface area contributed by atoms with Crippen molar-refractivity contribution in [1.29, 1.82) is 0 Å². The largest absolute Gasteiger partial charge is 0.450 e. The van der Waals surface area contributed by atoms with Gasteiger partial charge in [0, 0.05) is 6.54 Å². The highest BCUT2D eigenvalue weighted by atomic mass is 79.9. The van der Waals surface area contributed by atoms with Crippen molar-refractivity contribution in [2.45, 2.75) is 11.9 Å². The number of hydrogen-bond acceptors (Lipinski definition) is 3. The molecular weight excluding hydrogens is 226 g/mol. The van der Waals surface area contributed by atoms with Crippen LogP contribution in [0, 0.1) is 0 Å². The van der Waals surface area contributed by atoms with Gasteiger partial charge in [-0.2, -0.15) is 0 Å². The molecule has 1 aliphatic rings. The van der Waals surface area contributed by atoms with E-state index in [1.165, 1.54) is 0 Å². The van der Waals surface area contributed by atoms with Gasteiger partial charge in [-0.25, -0.2) is 4.79 Å². The monoisotopic (exact) mass is 237 g/mol. The summed E-state index contributed by atoms with van der Waals surface area (Å²) in [6.45, 7) is 3.95. The van der Waals surface area contributed by atoms with Crippen molar-refractivity contribution in [1.82, 2.24) is 4.90 Å². The summed E-state index contributed by atoms with van der Waals surface area (Å²) in [6.07, 6.45) is -0.259. The molecule has 0 aromatic heterocycles. The van der Waals surface area contributed by atoms with E-state index in [1.54, 1.807) is 11.8 Å². The number of carbonyl (C=O) groups is 1. The van der Waals surface area contributed by atoms with E-state index in [2.05, 4.69) is 15.9 Å². The van der Waals surface area contributed by atoms with Gasteiger partial charge in [0.2, 0.25) is 0 Å². The molecule has 1 amide bonds. The first-order valence-corrected chi connectivity index (χ1v) is 4.83. The number of ether oxygens (including phenoxy) is 2. The van der Waals surface area contributed by atoms with Crippen LogP contribution >= 0.6 is 15.9 Å². The molecule has 0 N–H and O–H groups in total. The highest BCUT2D eigenvalue weighted by molar-refractivity contribution is 9.09. The second-order valence-electron chi connectivity index (χ2n) is 2.43. The van der Waals surface area contributed by atoms with Crippen LogP contribution in [-0.2, 0) is 9.47 Å². The Bertz CT molecular complexity index is 165. The van der Waals surface area contributed by atoms with E-state index in [1.807, 2.05) is 0 Å². The molecule has 70 valence electrons. The Morgan fingerprint density at radius 3 is 3.17 bits per heavy atom. The maximum absolute atomic E-state index is 11.2. The number of morpholine rings is 1. The van der Waals surface area contributed by atoms with Gasteiger partial charge in [-0.3, -0.25) is 0 Å². The van der Waals surface area contributed by atoms with Gasteiger partial charge in [0.15, 0.2) is 0 Å². The van der Waals surface area contributed by atoms with E-state index in [-0.39, 0.29) is 11.1 Å². The number of halogens is 1. The smallest absolute Gasteiger partial charge is 0.409 e. The highest BCUT2D eigenvalue weighted by Crippen LogP contribution is 2.11. The third kappa shape index (κ3) is 2.64. The first-order valence-electron chi connectivity index (χ1n) is 3.91. The minimum atomic E-state index is -0.259. The molecule has 0 saturated carbocycles. The maximum atomic E-state index is 11.2. The molecular formula is C7H12BrNO3. The molecule has 1 rings (SSSR count). The Labute approximate surface area is 79.9 Å². The highest BCUT2D eigenvalue weighted by Gasteiger charge is 2.22. The molecule has 1 heterocycles. The van der Waals surface area contributed by atoms with E-state index in [4.69, 9.17) is 9.47 Å². The molecule has 4 nitrogen and oxygen atoms in total. The Morgan fingerprint density at radius 1 is 1.83 bits per heavy atom. The molecule has 0 radical (unpaired) electrons. The summed E-state index contributed by atoms with van der Waals surface area (Å²) < 4.78 is 10.0. The number of rotatable bonds is 1. The van der Waals surface area contributed by atoms with Crippen LogP contribution in [0.15, 0.2) is 0 Å². The van der Waals surface area contributed by atoms with Crippen LogP contribution in [0.3, 0.4) is 0 Å². The fourth-order valence-corrected chi connectivity index (χ4v) is 1.53. The van der Waals surface area contributed by atoms with Crippen LogP contribution in [0.2, 0.25) is 0 Å². The Balaban J connectivity index is 2.35. The normalized spacial score (nSPS) is 23.8. The van der Waals surface area contributed by atoms with Gasteiger partial charge in [-0.1, -0.05) is 15.9 Å². The quantitative estimate of drug-likeness (QED) is 0.644. The van der Waals surface area contributed by atoms with Gasteiger partial charge >= 0.3 is 6.09 Å². The SMILES string of the molecule is CCOC(=O)N1CCOC(Br)C1. The minimum absolute atomic E-state index is 0.0596. The third-order valence-corrected chi connectivity index (χ3v) is 2.10. The number of alkyl halides is 1. The summed E-state index contributed by atoms with van der Waals surface area (Å²) in [5.41, 5.74) is 0. The van der Waals surface area contributed by atoms with Crippen LogP contribution in [0.5, 0.6) is 0 Å². The van der Waals surface area contributed by atoms with Gasteiger partial charge in [0.05, 0.1) is 19.8 Å². The summed E-state index contributed by atoms with van der Waals surface area (Å²) >= 11 is 3.28. The topological polar surface area (TPSA) is 38.8 Å². The Hall–Kier alpha value is -0.290. The first-order chi connectivity index (χ1) is 5.74. The van der Waals surface area contributed by atoms with Crippen molar-refractivity contribution in [3.63, 3.8) is 0 Å². The zero-order valence-corrected chi connectivity index (χ0v) is 8.54. The second kappa shape index (κ2) is 4.67. The van der Waals surface area contributed by atoms with E-state index in [0.717, 1.165) is 0 Å². The van der Waals surface area contributed by atoms with Crippen molar-refractivity contribution in [3.05, 3.63) is 0 Å². The molecule has 12 heavy (non-hydrogen) atoms. The lowest BCUT2D eigenvalue weighted by molar-refractivity contribution is 0.0162. The summed E-state index contributed by atoms with van der Waals surface area (Å²) in [5.74, 6) is 0. The zero-order valence-electron chi connectivity index (χ0n) is 6.96. The van der Waals surface area contributed by atoms with Gasteiger partial charge in [0.1, 0.15) is 5.01 Å². The van der Waals surface area contributed by atoms with E-state index in [0.29, 0.717) is 26.3 Å². The lowest BCUT2D eigenvalue weighted by Crippen LogP contribution is -2.43. The van der Waals surface area contributed by atoms with Crippen LogP contribution < -0.4 is 0 Å². The molecule has 0 aliphatic carbocycles. The van der Waals surface area contributed by atoms with Crippen molar-refractivity contribution in [2.75, 3.05) is 26.3 Å². The van der Waals surface area contributed by atoms with Crippen LogP contribution in [0.4, 0.5) is 4.79 Å². The predicted molar refractivity (Wildman–Crippen MR) is 47.3 cm³/mol. The van der Waals surface area contributed by atoms with Crippen molar-refractivity contribution < 1.29 is 14.3 Å². The second-order valence-corrected chi connectivity index (χ2v) is 3.45. The molecule has 1 unspecified atom stereocenters. The Kier molecular flexibility index (Phi) is 3.81. The van der Waals surface area contributed by atoms with Gasteiger partial charge < -0.3 is 14.4 Å². The number of amides is 1. The van der Waals surface area contributed by atoms with Gasteiger partial charge in [-0.15, -0.1) is 0 Å². The molecule has 1 aliphatic heterocycles. The average molecular weight is 238 g/mol. The molecule has 0 bridgehead atoms. The first kappa shape index (κ1) is 9.80. The van der Waals surface area contributed by atoms with Crippen molar-refractivity contribution in [3.8, 4) is 0 Å². The molecule has 0 aromatic carbocycles. The van der Waals surface area contributed by atoms with Crippen LogP contribution in [0.1, 0.15) is 6.92 Å². The molecule has 0 spiro atoms. The average Bonchev–Trinajstić information content (AvgIpc) is 2.05. The Morgan fingerprint density at radius 2 is 2.58 bits per heavy atom. The predicted octanol–water partition coefficient (Wildman–Crippen LogP) is 1.20. The van der Waals surface area contributed by atoms with E-state index in [9.17, 15) is 4.79 Å². The third-order valence-electron chi connectivity index (χ3n) is 1.55. The van der Waals surface area contributed by atoms with Crippen LogP contribution in [0.25, 0.3) is 0 Å². The summed E-state index contributed by atoms with van der Waals surface area (Å²) in [7, 11) is 0. The summed E-state index contributed by atoms with van der Waals surface area (Å²) in [4.78, 5) is 12.8. The summed E-state index contributed by atoms with van der Waals surface area (Å²) in [5, 5.41) is -0.0596. The minimum Gasteiger partial charge on any atom is -0.450 e. The maximum Gasteiger partial charge on any atom is 0.409 e. The molecule has 5 heteroatoms. The fraction of sp³-hybridized carbons (Fsp3) is 0.857. The van der Waals surface area contributed by atoms with Crippen molar-refractivity contribution >= 4 is 22.0 Å². The lowest BCUT2D eigenvalue weighted by Gasteiger charge is -2.29. The fourth-order valence-electron chi connectivity index (χ4n) is 0.989. The van der Waals surface area contributed by atoms with Crippen LogP contribution in [-0.4, -0.2) is 42.3 Å². The van der Waals surface area contributed by atoms with E-state index >= 15 is 0 Å². The number of hydrogen-bond donors (Lipinski definition) is 0. The van der Waals surface area contributed by atoms with Crippen molar-refractivity contribution in [2.24, 2.45) is 0 Å².